The van der Waals surface area contributed by atoms with E-state index < -0.39 is 5.41 Å². The first kappa shape index (κ1) is 13.4. The van der Waals surface area contributed by atoms with Gasteiger partial charge < -0.3 is 0 Å². The lowest BCUT2D eigenvalue weighted by molar-refractivity contribution is -0.123. The maximum atomic E-state index is 11.9. The number of hydrogen-bond acceptors (Lipinski definition) is 2. The molecule has 2 heteroatoms. The zero-order chi connectivity index (χ0) is 12.9. The highest BCUT2D eigenvalue weighted by Crippen LogP contribution is 2.24. The molecular formula is C15H17O2. The molecule has 0 saturated heterocycles. The van der Waals surface area contributed by atoms with Crippen LogP contribution in [0.2, 0.25) is 0 Å². The van der Waals surface area contributed by atoms with Crippen molar-refractivity contribution in [3.05, 3.63) is 42.0 Å². The maximum Gasteiger partial charge on any atom is 0.212 e. The normalized spacial score (nSPS) is 12.3. The highest BCUT2D eigenvalue weighted by atomic mass is 16.1. The molecule has 1 radical (unpaired) electrons. The van der Waals surface area contributed by atoms with Gasteiger partial charge in [0.2, 0.25) is 6.29 Å². The highest BCUT2D eigenvalue weighted by molar-refractivity contribution is 6.02. The molecule has 1 aromatic rings. The average Bonchev–Trinajstić information content (AvgIpc) is 2.36. The van der Waals surface area contributed by atoms with Gasteiger partial charge in [0.05, 0.1) is 5.41 Å². The Morgan fingerprint density at radius 1 is 1.29 bits per heavy atom. The topological polar surface area (TPSA) is 34.1 Å². The third-order valence-electron chi connectivity index (χ3n) is 2.80. The second kappa shape index (κ2) is 5.58. The first-order valence-corrected chi connectivity index (χ1v) is 5.64. The minimum Gasteiger partial charge on any atom is -0.298 e. The lowest BCUT2D eigenvalue weighted by Crippen LogP contribution is -2.25. The van der Waals surface area contributed by atoms with Gasteiger partial charge in [0.25, 0.3) is 0 Å². The van der Waals surface area contributed by atoms with Crippen LogP contribution in [0, 0.1) is 5.41 Å². The molecule has 1 aromatic carbocycles. The van der Waals surface area contributed by atoms with Gasteiger partial charge in [0.1, 0.15) is 0 Å². The molecule has 0 heterocycles. The molecule has 1 rings (SSSR count). The smallest absolute Gasteiger partial charge is 0.212 e. The minimum absolute atomic E-state index is 0.107. The number of allylic oxidation sites excluding steroid dienone is 2. The molecule has 0 atom stereocenters. The van der Waals surface area contributed by atoms with Crippen LogP contribution in [-0.4, -0.2) is 12.1 Å². The summed E-state index contributed by atoms with van der Waals surface area (Å²) >= 11 is 0. The Balaban J connectivity index is 2.87. The summed E-state index contributed by atoms with van der Waals surface area (Å²) in [6.45, 7) is 5.09. The van der Waals surface area contributed by atoms with Crippen LogP contribution in [0.15, 0.2) is 36.4 Å². The third kappa shape index (κ3) is 3.38. The Morgan fingerprint density at radius 2 is 1.88 bits per heavy atom. The van der Waals surface area contributed by atoms with Crippen molar-refractivity contribution in [1.82, 2.24) is 0 Å². The highest BCUT2D eigenvalue weighted by Gasteiger charge is 2.28. The van der Waals surface area contributed by atoms with Crippen LogP contribution in [0.25, 0.3) is 5.57 Å². The van der Waals surface area contributed by atoms with Crippen LogP contribution in [0.1, 0.15) is 32.8 Å². The van der Waals surface area contributed by atoms with Crippen molar-refractivity contribution in [2.24, 2.45) is 5.41 Å². The van der Waals surface area contributed by atoms with Gasteiger partial charge in [-0.15, -0.1) is 0 Å². The van der Waals surface area contributed by atoms with Crippen LogP contribution >= 0.6 is 0 Å². The third-order valence-corrected chi connectivity index (χ3v) is 2.80. The average molecular weight is 229 g/mol. The van der Waals surface area contributed by atoms with Crippen molar-refractivity contribution < 1.29 is 9.59 Å². The zero-order valence-corrected chi connectivity index (χ0v) is 10.5. The zero-order valence-electron chi connectivity index (χ0n) is 10.5. The van der Waals surface area contributed by atoms with E-state index in [0.717, 1.165) is 11.1 Å². The molecule has 0 aliphatic rings. The van der Waals surface area contributed by atoms with Crippen LogP contribution in [0.4, 0.5) is 0 Å². The van der Waals surface area contributed by atoms with Crippen molar-refractivity contribution in [3.8, 4) is 0 Å². The van der Waals surface area contributed by atoms with Crippen LogP contribution in [0.3, 0.4) is 0 Å². The molecule has 0 aromatic heterocycles. The molecule has 2 nitrogen and oxygen atoms in total. The van der Waals surface area contributed by atoms with Gasteiger partial charge in [-0.2, -0.15) is 0 Å². The summed E-state index contributed by atoms with van der Waals surface area (Å²) in [4.78, 5) is 22.6. The van der Waals surface area contributed by atoms with Gasteiger partial charge in [-0.25, -0.2) is 0 Å². The summed E-state index contributed by atoms with van der Waals surface area (Å²) in [5.74, 6) is -0.107. The van der Waals surface area contributed by atoms with Gasteiger partial charge in [-0.05, 0) is 31.9 Å². The van der Waals surface area contributed by atoms with Crippen LogP contribution in [0.5, 0.6) is 0 Å². The Hall–Kier alpha value is -1.70. The lowest BCUT2D eigenvalue weighted by Gasteiger charge is -2.15. The first-order valence-electron chi connectivity index (χ1n) is 5.64. The molecule has 89 valence electrons. The molecule has 17 heavy (non-hydrogen) atoms. The molecule has 0 saturated carbocycles. The molecule has 0 aliphatic heterocycles. The maximum absolute atomic E-state index is 11.9. The van der Waals surface area contributed by atoms with Crippen molar-refractivity contribution in [3.63, 3.8) is 0 Å². The Morgan fingerprint density at radius 3 is 2.35 bits per heavy atom. The number of ketones is 1. The lowest BCUT2D eigenvalue weighted by atomic mass is 9.85. The van der Waals surface area contributed by atoms with Gasteiger partial charge >= 0.3 is 0 Å². The monoisotopic (exact) mass is 229 g/mol. The van der Waals surface area contributed by atoms with E-state index in [4.69, 9.17) is 0 Å². The largest absolute Gasteiger partial charge is 0.298 e. The van der Waals surface area contributed by atoms with E-state index in [1.807, 2.05) is 43.3 Å². The second-order valence-corrected chi connectivity index (χ2v) is 4.51. The molecule has 0 spiro atoms. The van der Waals surface area contributed by atoms with Gasteiger partial charge in [0, 0.05) is 6.42 Å². The molecule has 0 N–H and O–H groups in total. The van der Waals surface area contributed by atoms with E-state index in [0.29, 0.717) is 0 Å². The molecule has 0 fully saturated rings. The standard InChI is InChI=1S/C15H17O2/c1-4-12(13-8-6-5-7-9-13)10-14(17)15(2,3)11-16/h4-9H,10H2,1-3H3. The van der Waals surface area contributed by atoms with Crippen LogP contribution in [-0.2, 0) is 9.59 Å². The Bertz CT molecular complexity index is 427. The number of benzene rings is 1. The number of rotatable bonds is 5. The van der Waals surface area contributed by atoms with E-state index in [1.165, 1.54) is 0 Å². The summed E-state index contributed by atoms with van der Waals surface area (Å²) in [6, 6.07) is 9.71. The predicted molar refractivity (Wildman–Crippen MR) is 69.2 cm³/mol. The van der Waals surface area contributed by atoms with Crippen molar-refractivity contribution >= 4 is 17.6 Å². The van der Waals surface area contributed by atoms with Gasteiger partial charge in [-0.1, -0.05) is 36.4 Å². The summed E-state index contributed by atoms with van der Waals surface area (Å²) in [7, 11) is 0. The molecule has 0 bridgehead atoms. The molecule has 0 amide bonds. The van der Waals surface area contributed by atoms with E-state index in [2.05, 4.69) is 0 Å². The Kier molecular flexibility index (Phi) is 4.38. The number of hydrogen-bond donors (Lipinski definition) is 0. The quantitative estimate of drug-likeness (QED) is 0.727. The van der Waals surface area contributed by atoms with Crippen molar-refractivity contribution in [1.29, 1.82) is 0 Å². The minimum atomic E-state index is -1.02. The molecular weight excluding hydrogens is 212 g/mol. The second-order valence-electron chi connectivity index (χ2n) is 4.51. The molecule has 0 aliphatic carbocycles. The first-order chi connectivity index (χ1) is 8.01. The fourth-order valence-electron chi connectivity index (χ4n) is 1.47. The van der Waals surface area contributed by atoms with Gasteiger partial charge in [-0.3, -0.25) is 9.59 Å². The molecule has 0 unspecified atom stereocenters. The summed E-state index contributed by atoms with van der Waals surface area (Å²) in [6.07, 6.45) is 3.97. The summed E-state index contributed by atoms with van der Waals surface area (Å²) < 4.78 is 0. The number of Topliss-reactive ketones (excluding diaryl/α,β-unsaturated/α-hetero) is 1. The van der Waals surface area contributed by atoms with Crippen molar-refractivity contribution in [2.45, 2.75) is 27.2 Å². The number of carbonyl (C=O) groups is 1. The SMILES string of the molecule is CC=C(CC(=O)C(C)(C)[C]=O)c1ccccc1. The summed E-state index contributed by atoms with van der Waals surface area (Å²) in [5.41, 5.74) is 0.937. The van der Waals surface area contributed by atoms with E-state index in [9.17, 15) is 9.59 Å². The van der Waals surface area contributed by atoms with E-state index in [1.54, 1.807) is 20.1 Å². The fraction of sp³-hybridized carbons (Fsp3) is 0.333. The predicted octanol–water partition coefficient (Wildman–Crippen LogP) is 3.19. The van der Waals surface area contributed by atoms with Gasteiger partial charge in [0.15, 0.2) is 5.78 Å². The van der Waals surface area contributed by atoms with E-state index >= 15 is 0 Å². The number of carbonyl (C=O) groups excluding carboxylic acids is 2. The van der Waals surface area contributed by atoms with Crippen LogP contribution < -0.4 is 0 Å². The summed E-state index contributed by atoms with van der Waals surface area (Å²) in [5, 5.41) is 0. The van der Waals surface area contributed by atoms with E-state index in [-0.39, 0.29) is 12.2 Å². The Labute approximate surface area is 102 Å². The van der Waals surface area contributed by atoms with Crippen molar-refractivity contribution in [2.75, 3.05) is 0 Å². The fourth-order valence-corrected chi connectivity index (χ4v) is 1.47.